The van der Waals surface area contributed by atoms with E-state index < -0.39 is 0 Å². The number of rotatable bonds is 3. The lowest BCUT2D eigenvalue weighted by Gasteiger charge is -2.07. The lowest BCUT2D eigenvalue weighted by atomic mass is 10.2. The lowest BCUT2D eigenvalue weighted by molar-refractivity contribution is 0.727. The van der Waals surface area contributed by atoms with Crippen LogP contribution >= 0.6 is 23.1 Å². The van der Waals surface area contributed by atoms with Crippen molar-refractivity contribution in [3.8, 4) is 0 Å². The monoisotopic (exact) mass is 317 g/mol. The Morgan fingerprint density at radius 3 is 2.90 bits per heavy atom. The third kappa shape index (κ3) is 2.61. The Balaban J connectivity index is 2.00. The molecule has 0 amide bonds. The minimum absolute atomic E-state index is 0.0375. The highest BCUT2D eigenvalue weighted by atomic mass is 32.2. The van der Waals surface area contributed by atoms with Gasteiger partial charge in [0.2, 0.25) is 0 Å². The van der Waals surface area contributed by atoms with Gasteiger partial charge in [-0.05, 0) is 31.0 Å². The first-order chi connectivity index (χ1) is 10.1. The van der Waals surface area contributed by atoms with E-state index in [0.717, 1.165) is 37.1 Å². The third-order valence-electron chi connectivity index (χ3n) is 3.46. The number of hydrogen-bond acceptors (Lipinski definition) is 5. The highest BCUT2D eigenvalue weighted by Crippen LogP contribution is 2.28. The van der Waals surface area contributed by atoms with Crippen molar-refractivity contribution >= 4 is 33.3 Å². The predicted molar refractivity (Wildman–Crippen MR) is 88.1 cm³/mol. The average Bonchev–Trinajstić information content (AvgIpc) is 2.77. The summed E-state index contributed by atoms with van der Waals surface area (Å²) in [5, 5.41) is 1.50. The quantitative estimate of drug-likeness (QED) is 0.549. The number of pyridine rings is 1. The number of aryl methyl sites for hydroxylation is 2. The van der Waals surface area contributed by atoms with Crippen LogP contribution in [-0.4, -0.2) is 14.5 Å². The molecule has 3 aromatic rings. The molecule has 0 aliphatic rings. The second-order valence-electron chi connectivity index (χ2n) is 4.87. The van der Waals surface area contributed by atoms with Crippen LogP contribution in [0.2, 0.25) is 0 Å². The van der Waals surface area contributed by atoms with Crippen molar-refractivity contribution in [3.05, 3.63) is 50.9 Å². The second kappa shape index (κ2) is 5.61. The molecule has 6 heteroatoms. The summed E-state index contributed by atoms with van der Waals surface area (Å²) in [4.78, 5) is 23.2. The number of hydrogen-bond donors (Lipinski definition) is 0. The Bertz CT molecular complexity index is 853. The summed E-state index contributed by atoms with van der Waals surface area (Å²) in [5.41, 5.74) is 2.21. The molecule has 0 fully saturated rings. The minimum atomic E-state index is 0.0375. The Morgan fingerprint density at radius 1 is 1.38 bits per heavy atom. The molecule has 0 atom stereocenters. The van der Waals surface area contributed by atoms with Crippen molar-refractivity contribution in [2.75, 3.05) is 0 Å². The van der Waals surface area contributed by atoms with Crippen molar-refractivity contribution < 1.29 is 0 Å². The van der Waals surface area contributed by atoms with Gasteiger partial charge in [-0.25, -0.2) is 4.98 Å². The van der Waals surface area contributed by atoms with Gasteiger partial charge in [-0.3, -0.25) is 14.3 Å². The van der Waals surface area contributed by atoms with E-state index in [9.17, 15) is 4.79 Å². The molecular formula is C15H15N3OS2. The molecule has 3 heterocycles. The van der Waals surface area contributed by atoms with Crippen LogP contribution in [0, 0.1) is 13.8 Å². The van der Waals surface area contributed by atoms with E-state index in [2.05, 4.69) is 9.97 Å². The molecule has 21 heavy (non-hydrogen) atoms. The largest absolute Gasteiger partial charge is 0.290 e. The van der Waals surface area contributed by atoms with Crippen LogP contribution in [0.15, 0.2) is 34.5 Å². The average molecular weight is 317 g/mol. The molecule has 0 bridgehead atoms. The van der Waals surface area contributed by atoms with Crippen LogP contribution in [-0.2, 0) is 12.8 Å². The summed E-state index contributed by atoms with van der Waals surface area (Å²) in [6.45, 7) is 4.02. The molecule has 0 aromatic carbocycles. The molecule has 3 rings (SSSR count). The fraction of sp³-hybridized carbons (Fsp3) is 0.267. The van der Waals surface area contributed by atoms with E-state index in [-0.39, 0.29) is 5.56 Å². The summed E-state index contributed by atoms with van der Waals surface area (Å²) in [6.07, 6.45) is 3.59. The SMILES string of the molecule is Cc1sc2nc(SCc3cccnc3)n(C)c(=O)c2c1C. The number of nitrogens with zero attached hydrogens (tertiary/aromatic N) is 3. The number of aromatic nitrogens is 3. The van der Waals surface area contributed by atoms with Crippen molar-refractivity contribution in [1.29, 1.82) is 0 Å². The minimum Gasteiger partial charge on any atom is -0.290 e. The molecular weight excluding hydrogens is 302 g/mol. The van der Waals surface area contributed by atoms with Gasteiger partial charge in [0.1, 0.15) is 4.83 Å². The van der Waals surface area contributed by atoms with Gasteiger partial charge in [0.15, 0.2) is 5.16 Å². The topological polar surface area (TPSA) is 47.8 Å². The van der Waals surface area contributed by atoms with Gasteiger partial charge < -0.3 is 0 Å². The molecule has 4 nitrogen and oxygen atoms in total. The van der Waals surface area contributed by atoms with E-state index >= 15 is 0 Å². The summed E-state index contributed by atoms with van der Waals surface area (Å²) < 4.78 is 1.64. The standard InChI is InChI=1S/C15H15N3OS2/c1-9-10(2)21-13-12(9)14(19)18(3)15(17-13)20-8-11-5-4-6-16-7-11/h4-7H,8H2,1-3H3. The zero-order valence-electron chi connectivity index (χ0n) is 12.1. The fourth-order valence-electron chi connectivity index (χ4n) is 2.12. The Kier molecular flexibility index (Phi) is 3.82. The van der Waals surface area contributed by atoms with Crippen LogP contribution in [0.5, 0.6) is 0 Å². The van der Waals surface area contributed by atoms with Crippen molar-refractivity contribution in [2.24, 2.45) is 7.05 Å². The third-order valence-corrected chi connectivity index (χ3v) is 5.66. The summed E-state index contributed by atoms with van der Waals surface area (Å²) in [7, 11) is 1.78. The van der Waals surface area contributed by atoms with Crippen LogP contribution < -0.4 is 5.56 Å². The number of thioether (sulfide) groups is 1. The van der Waals surface area contributed by atoms with Crippen LogP contribution in [0.1, 0.15) is 16.0 Å². The number of fused-ring (bicyclic) bond motifs is 1. The molecule has 0 saturated heterocycles. The first kappa shape index (κ1) is 14.3. The Labute approximate surface area is 130 Å². The van der Waals surface area contributed by atoms with Gasteiger partial charge >= 0.3 is 0 Å². The van der Waals surface area contributed by atoms with Gasteiger partial charge in [-0.1, -0.05) is 17.8 Å². The van der Waals surface area contributed by atoms with Gasteiger partial charge in [0.05, 0.1) is 5.39 Å². The maximum absolute atomic E-state index is 12.5. The van der Waals surface area contributed by atoms with Gasteiger partial charge in [0, 0.05) is 30.1 Å². The maximum atomic E-state index is 12.5. The molecule has 3 aromatic heterocycles. The van der Waals surface area contributed by atoms with E-state index in [1.54, 1.807) is 40.9 Å². The molecule has 0 aliphatic carbocycles. The summed E-state index contributed by atoms with van der Waals surface area (Å²) in [6, 6.07) is 3.94. The molecule has 0 saturated carbocycles. The van der Waals surface area contributed by atoms with Crippen molar-refractivity contribution in [3.63, 3.8) is 0 Å². The lowest BCUT2D eigenvalue weighted by Crippen LogP contribution is -2.19. The van der Waals surface area contributed by atoms with Gasteiger partial charge in [-0.15, -0.1) is 11.3 Å². The molecule has 0 spiro atoms. The number of thiophene rings is 1. The highest BCUT2D eigenvalue weighted by Gasteiger charge is 2.14. The van der Waals surface area contributed by atoms with Gasteiger partial charge in [-0.2, -0.15) is 0 Å². The fourth-order valence-corrected chi connectivity index (χ4v) is 4.09. The molecule has 0 radical (unpaired) electrons. The van der Waals surface area contributed by atoms with E-state index in [1.165, 1.54) is 0 Å². The summed E-state index contributed by atoms with van der Waals surface area (Å²) >= 11 is 3.15. The molecule has 0 aliphatic heterocycles. The first-order valence-corrected chi connectivity index (χ1v) is 8.36. The van der Waals surface area contributed by atoms with E-state index in [1.807, 2.05) is 32.2 Å². The van der Waals surface area contributed by atoms with Gasteiger partial charge in [0.25, 0.3) is 5.56 Å². The van der Waals surface area contributed by atoms with E-state index in [4.69, 9.17) is 0 Å². The maximum Gasteiger partial charge on any atom is 0.262 e. The van der Waals surface area contributed by atoms with Crippen LogP contribution in [0.4, 0.5) is 0 Å². The van der Waals surface area contributed by atoms with Crippen molar-refractivity contribution in [1.82, 2.24) is 14.5 Å². The predicted octanol–water partition coefficient (Wildman–Crippen LogP) is 3.30. The molecule has 0 N–H and O–H groups in total. The zero-order chi connectivity index (χ0) is 15.0. The smallest absolute Gasteiger partial charge is 0.262 e. The van der Waals surface area contributed by atoms with Crippen LogP contribution in [0.3, 0.4) is 0 Å². The highest BCUT2D eigenvalue weighted by molar-refractivity contribution is 7.98. The second-order valence-corrected chi connectivity index (χ2v) is 7.02. The normalized spacial score (nSPS) is 11.2. The van der Waals surface area contributed by atoms with E-state index in [0.29, 0.717) is 0 Å². The molecule has 108 valence electrons. The zero-order valence-corrected chi connectivity index (χ0v) is 13.7. The Morgan fingerprint density at radius 2 is 2.19 bits per heavy atom. The summed E-state index contributed by atoms with van der Waals surface area (Å²) in [5.74, 6) is 0.753. The van der Waals surface area contributed by atoms with Crippen LogP contribution in [0.25, 0.3) is 10.2 Å². The Hall–Kier alpha value is -1.66. The first-order valence-electron chi connectivity index (χ1n) is 6.56. The van der Waals surface area contributed by atoms with Crippen molar-refractivity contribution in [2.45, 2.75) is 24.8 Å². The molecule has 0 unspecified atom stereocenters.